The van der Waals surface area contributed by atoms with Crippen molar-refractivity contribution in [3.8, 4) is 0 Å². The van der Waals surface area contributed by atoms with E-state index in [9.17, 15) is 0 Å². The zero-order valence-corrected chi connectivity index (χ0v) is 12.0. The maximum Gasteiger partial charge on any atom is 0.0589 e. The Labute approximate surface area is 107 Å². The molecular weight excluding hydrogens is 212 g/mol. The molecule has 1 aliphatic heterocycles. The van der Waals surface area contributed by atoms with Gasteiger partial charge >= 0.3 is 0 Å². The number of nitrogens with zero attached hydrogens (tertiary/aromatic N) is 1. The van der Waals surface area contributed by atoms with Gasteiger partial charge in [-0.2, -0.15) is 0 Å². The highest BCUT2D eigenvalue weighted by Gasteiger charge is 2.27. The first-order valence-electron chi connectivity index (χ1n) is 7.13. The fourth-order valence-corrected chi connectivity index (χ4v) is 2.73. The van der Waals surface area contributed by atoms with Gasteiger partial charge < -0.3 is 10.1 Å². The summed E-state index contributed by atoms with van der Waals surface area (Å²) in [5.74, 6) is 0.773. The summed E-state index contributed by atoms with van der Waals surface area (Å²) in [7, 11) is 1.79. The van der Waals surface area contributed by atoms with E-state index in [0.717, 1.165) is 25.6 Å². The van der Waals surface area contributed by atoms with E-state index in [4.69, 9.17) is 4.74 Å². The highest BCUT2D eigenvalue weighted by Crippen LogP contribution is 2.16. The van der Waals surface area contributed by atoms with Crippen LogP contribution in [0.1, 0.15) is 40.0 Å². The van der Waals surface area contributed by atoms with Gasteiger partial charge in [0.25, 0.3) is 0 Å². The molecule has 0 amide bonds. The van der Waals surface area contributed by atoms with Crippen molar-refractivity contribution in [2.45, 2.75) is 52.1 Å². The van der Waals surface area contributed by atoms with Gasteiger partial charge in [-0.25, -0.2) is 0 Å². The molecule has 0 radical (unpaired) electrons. The molecular formula is C14H30N2O. The summed E-state index contributed by atoms with van der Waals surface area (Å²) in [5, 5.41) is 3.70. The normalized spacial score (nSPS) is 26.6. The van der Waals surface area contributed by atoms with E-state index in [-0.39, 0.29) is 0 Å². The zero-order valence-electron chi connectivity index (χ0n) is 12.0. The summed E-state index contributed by atoms with van der Waals surface area (Å²) < 4.78 is 5.23. The molecule has 0 spiro atoms. The molecule has 1 aliphatic rings. The van der Waals surface area contributed by atoms with Gasteiger partial charge in [-0.1, -0.05) is 27.2 Å². The molecule has 1 saturated heterocycles. The number of piperazine rings is 1. The Balaban J connectivity index is 2.46. The highest BCUT2D eigenvalue weighted by atomic mass is 16.5. The molecule has 1 fully saturated rings. The monoisotopic (exact) mass is 242 g/mol. The van der Waals surface area contributed by atoms with Gasteiger partial charge in [-0.05, 0) is 18.8 Å². The lowest BCUT2D eigenvalue weighted by Crippen LogP contribution is -2.57. The van der Waals surface area contributed by atoms with Crippen LogP contribution in [0.5, 0.6) is 0 Å². The molecule has 0 bridgehead atoms. The molecule has 0 aliphatic carbocycles. The second-order valence-electron chi connectivity index (χ2n) is 5.66. The Kier molecular flexibility index (Phi) is 7.09. The number of methoxy groups -OCH3 is 1. The second-order valence-corrected chi connectivity index (χ2v) is 5.66. The van der Waals surface area contributed by atoms with Crippen LogP contribution < -0.4 is 5.32 Å². The molecule has 102 valence electrons. The predicted molar refractivity (Wildman–Crippen MR) is 73.4 cm³/mol. The number of rotatable bonds is 7. The van der Waals surface area contributed by atoms with Crippen LogP contribution in [0.4, 0.5) is 0 Å². The van der Waals surface area contributed by atoms with Crippen molar-refractivity contribution in [1.29, 1.82) is 0 Å². The van der Waals surface area contributed by atoms with Crippen LogP contribution in [0.2, 0.25) is 0 Å². The van der Waals surface area contributed by atoms with E-state index < -0.39 is 0 Å². The third kappa shape index (κ3) is 5.36. The maximum atomic E-state index is 5.23. The van der Waals surface area contributed by atoms with Gasteiger partial charge in [-0.15, -0.1) is 0 Å². The molecule has 2 unspecified atom stereocenters. The molecule has 1 heterocycles. The van der Waals surface area contributed by atoms with Crippen molar-refractivity contribution in [2.24, 2.45) is 5.92 Å². The van der Waals surface area contributed by atoms with Crippen molar-refractivity contribution in [2.75, 3.05) is 33.4 Å². The molecule has 0 aromatic rings. The van der Waals surface area contributed by atoms with Crippen molar-refractivity contribution >= 4 is 0 Å². The van der Waals surface area contributed by atoms with Crippen molar-refractivity contribution in [1.82, 2.24) is 10.2 Å². The number of ether oxygens (including phenoxy) is 1. The van der Waals surface area contributed by atoms with Gasteiger partial charge in [0.05, 0.1) is 6.61 Å². The first-order valence-corrected chi connectivity index (χ1v) is 7.13. The average Bonchev–Trinajstić information content (AvgIpc) is 2.29. The van der Waals surface area contributed by atoms with Gasteiger partial charge in [0, 0.05) is 38.8 Å². The molecule has 1 rings (SSSR count). The lowest BCUT2D eigenvalue weighted by molar-refractivity contribution is 0.0751. The van der Waals surface area contributed by atoms with E-state index in [1.807, 2.05) is 0 Å². The van der Waals surface area contributed by atoms with Gasteiger partial charge in [-0.3, -0.25) is 4.90 Å². The Bertz CT molecular complexity index is 197. The standard InChI is InChI=1S/C14H30N2O/c1-5-6-13-11-16(7-8-17-4)14(10-15-13)9-12(2)3/h12-15H,5-11H2,1-4H3. The summed E-state index contributed by atoms with van der Waals surface area (Å²) in [5.41, 5.74) is 0. The SMILES string of the molecule is CCCC1CN(CCOC)C(CC(C)C)CN1. The molecule has 0 aromatic heterocycles. The first kappa shape index (κ1) is 14.9. The number of nitrogens with one attached hydrogen (secondary N) is 1. The Hall–Kier alpha value is -0.120. The molecule has 3 nitrogen and oxygen atoms in total. The van der Waals surface area contributed by atoms with Crippen LogP contribution in [-0.4, -0.2) is 50.3 Å². The van der Waals surface area contributed by atoms with E-state index in [0.29, 0.717) is 12.1 Å². The lowest BCUT2D eigenvalue weighted by Gasteiger charge is -2.41. The Morgan fingerprint density at radius 3 is 2.76 bits per heavy atom. The minimum absolute atomic E-state index is 0.681. The fraction of sp³-hybridized carbons (Fsp3) is 1.00. The van der Waals surface area contributed by atoms with Crippen molar-refractivity contribution in [3.63, 3.8) is 0 Å². The minimum atomic E-state index is 0.681. The maximum absolute atomic E-state index is 5.23. The zero-order chi connectivity index (χ0) is 12.7. The molecule has 2 atom stereocenters. The molecule has 0 saturated carbocycles. The largest absolute Gasteiger partial charge is 0.383 e. The topological polar surface area (TPSA) is 24.5 Å². The van der Waals surface area contributed by atoms with Crippen LogP contribution in [0, 0.1) is 5.92 Å². The molecule has 3 heteroatoms. The smallest absolute Gasteiger partial charge is 0.0589 e. The van der Waals surface area contributed by atoms with Crippen LogP contribution in [-0.2, 0) is 4.74 Å². The van der Waals surface area contributed by atoms with Gasteiger partial charge in [0.15, 0.2) is 0 Å². The highest BCUT2D eigenvalue weighted by molar-refractivity contribution is 4.86. The van der Waals surface area contributed by atoms with Crippen LogP contribution in [0.3, 0.4) is 0 Å². The first-order chi connectivity index (χ1) is 8.17. The van der Waals surface area contributed by atoms with E-state index in [1.54, 1.807) is 7.11 Å². The fourth-order valence-electron chi connectivity index (χ4n) is 2.73. The Morgan fingerprint density at radius 1 is 1.41 bits per heavy atom. The van der Waals surface area contributed by atoms with Gasteiger partial charge in [0.2, 0.25) is 0 Å². The van der Waals surface area contributed by atoms with Crippen molar-refractivity contribution < 1.29 is 4.74 Å². The number of hydrogen-bond acceptors (Lipinski definition) is 3. The average molecular weight is 242 g/mol. The van der Waals surface area contributed by atoms with Crippen molar-refractivity contribution in [3.05, 3.63) is 0 Å². The van der Waals surface area contributed by atoms with Crippen LogP contribution in [0.25, 0.3) is 0 Å². The summed E-state index contributed by atoms with van der Waals surface area (Å²) >= 11 is 0. The number of hydrogen-bond donors (Lipinski definition) is 1. The third-order valence-electron chi connectivity index (χ3n) is 3.58. The molecule has 1 N–H and O–H groups in total. The van der Waals surface area contributed by atoms with E-state index in [2.05, 4.69) is 31.0 Å². The summed E-state index contributed by atoms with van der Waals surface area (Å²) in [6, 6.07) is 1.37. The van der Waals surface area contributed by atoms with Gasteiger partial charge in [0.1, 0.15) is 0 Å². The quantitative estimate of drug-likeness (QED) is 0.740. The third-order valence-corrected chi connectivity index (χ3v) is 3.58. The van der Waals surface area contributed by atoms with Crippen LogP contribution >= 0.6 is 0 Å². The molecule has 17 heavy (non-hydrogen) atoms. The minimum Gasteiger partial charge on any atom is -0.383 e. The summed E-state index contributed by atoms with van der Waals surface area (Å²) in [4.78, 5) is 2.63. The Morgan fingerprint density at radius 2 is 2.18 bits per heavy atom. The molecule has 0 aromatic carbocycles. The summed E-state index contributed by atoms with van der Waals surface area (Å²) in [6.45, 7) is 11.2. The summed E-state index contributed by atoms with van der Waals surface area (Å²) in [6.07, 6.45) is 3.85. The van der Waals surface area contributed by atoms with E-state index >= 15 is 0 Å². The van der Waals surface area contributed by atoms with Crippen LogP contribution in [0.15, 0.2) is 0 Å². The lowest BCUT2D eigenvalue weighted by atomic mass is 9.98. The predicted octanol–water partition coefficient (Wildman–Crippen LogP) is 2.12. The second kappa shape index (κ2) is 8.06. The van der Waals surface area contributed by atoms with E-state index in [1.165, 1.54) is 25.8 Å².